The highest BCUT2D eigenvalue weighted by Gasteiger charge is 2.17. The maximum absolute atomic E-state index is 12.1. The van der Waals surface area contributed by atoms with Crippen molar-refractivity contribution in [2.75, 3.05) is 4.90 Å². The minimum absolute atomic E-state index is 0.431. The molecule has 0 bridgehead atoms. The number of hydrogen-bond acceptors (Lipinski definition) is 7. The summed E-state index contributed by atoms with van der Waals surface area (Å²) in [5, 5.41) is 2.47. The molecule has 3 aromatic carbocycles. The van der Waals surface area contributed by atoms with Crippen molar-refractivity contribution in [3.63, 3.8) is 0 Å². The summed E-state index contributed by atoms with van der Waals surface area (Å²) in [5.74, 6) is 0. The third-order valence-electron chi connectivity index (χ3n) is 6.58. The van der Waals surface area contributed by atoms with E-state index in [0.29, 0.717) is 33.8 Å². The lowest BCUT2D eigenvalue weighted by Gasteiger charge is -2.26. The second kappa shape index (κ2) is 8.34. The van der Waals surface area contributed by atoms with Crippen LogP contribution in [0.5, 0.6) is 0 Å². The number of aryl methyl sites for hydroxylation is 3. The van der Waals surface area contributed by atoms with E-state index in [0.717, 1.165) is 32.8 Å². The van der Waals surface area contributed by atoms with Gasteiger partial charge >= 0.3 is 16.9 Å². The van der Waals surface area contributed by atoms with Crippen molar-refractivity contribution in [3.05, 3.63) is 121 Å². The van der Waals surface area contributed by atoms with E-state index in [2.05, 4.69) is 0 Å². The zero-order chi connectivity index (χ0) is 25.8. The molecular weight excluding hydrogens is 470 g/mol. The van der Waals surface area contributed by atoms with E-state index in [1.54, 1.807) is 18.2 Å². The van der Waals surface area contributed by atoms with Crippen molar-refractivity contribution < 1.29 is 13.3 Å². The first kappa shape index (κ1) is 22.5. The standard InChI is InChI=1S/C30H21NO6/c1-16-10-28(32)35-25-13-19(4-7-22(16)25)31(20-5-8-23-17(2)11-29(33)36-26(23)14-20)21-6-9-24-18(3)12-30(34)37-27(24)15-21/h4-15H,1-3H3. The number of benzene rings is 3. The fourth-order valence-corrected chi connectivity index (χ4v) is 4.81. The molecule has 0 amide bonds. The van der Waals surface area contributed by atoms with Crippen LogP contribution in [0.25, 0.3) is 32.9 Å². The third kappa shape index (κ3) is 3.90. The molecule has 0 aliphatic carbocycles. The molecule has 7 nitrogen and oxygen atoms in total. The Morgan fingerprint density at radius 3 is 1.05 bits per heavy atom. The molecule has 0 saturated carbocycles. The minimum Gasteiger partial charge on any atom is -0.423 e. The Labute approximate surface area is 209 Å². The quantitative estimate of drug-likeness (QED) is 0.264. The van der Waals surface area contributed by atoms with Crippen molar-refractivity contribution in [3.8, 4) is 0 Å². The molecule has 0 unspecified atom stereocenters. The summed E-state index contributed by atoms with van der Waals surface area (Å²) >= 11 is 0. The molecule has 182 valence electrons. The van der Waals surface area contributed by atoms with E-state index >= 15 is 0 Å². The summed E-state index contributed by atoms with van der Waals surface area (Å²) in [7, 11) is 0. The van der Waals surface area contributed by atoms with Gasteiger partial charge in [-0.2, -0.15) is 0 Å². The van der Waals surface area contributed by atoms with Gasteiger partial charge in [0.05, 0.1) is 0 Å². The highest BCUT2D eigenvalue weighted by Crippen LogP contribution is 2.39. The van der Waals surface area contributed by atoms with Gasteiger partial charge in [-0.05, 0) is 73.9 Å². The number of rotatable bonds is 3. The SMILES string of the molecule is Cc1cc(=O)oc2cc(N(c3ccc4c(C)cc(=O)oc4c3)c3ccc4c(C)cc(=O)oc4c3)ccc12. The first-order valence-corrected chi connectivity index (χ1v) is 11.7. The van der Waals surface area contributed by atoms with E-state index in [4.69, 9.17) is 13.3 Å². The van der Waals surface area contributed by atoms with Crippen LogP contribution < -0.4 is 21.8 Å². The fraction of sp³-hybridized carbons (Fsp3) is 0.100. The van der Waals surface area contributed by atoms with Gasteiger partial charge in [-0.25, -0.2) is 14.4 Å². The summed E-state index contributed by atoms with van der Waals surface area (Å²) < 4.78 is 16.5. The fourth-order valence-electron chi connectivity index (χ4n) is 4.81. The Morgan fingerprint density at radius 1 is 0.459 bits per heavy atom. The molecule has 0 fully saturated rings. The number of hydrogen-bond donors (Lipinski definition) is 0. The van der Waals surface area contributed by atoms with Crippen LogP contribution in [-0.2, 0) is 0 Å². The van der Waals surface area contributed by atoms with Crippen LogP contribution >= 0.6 is 0 Å². The van der Waals surface area contributed by atoms with E-state index < -0.39 is 16.9 Å². The van der Waals surface area contributed by atoms with Crippen LogP contribution in [0.3, 0.4) is 0 Å². The zero-order valence-electron chi connectivity index (χ0n) is 20.3. The monoisotopic (exact) mass is 491 g/mol. The van der Waals surface area contributed by atoms with Gasteiger partial charge in [0.2, 0.25) is 0 Å². The van der Waals surface area contributed by atoms with Gasteiger partial charge in [0.25, 0.3) is 0 Å². The smallest absolute Gasteiger partial charge is 0.336 e. The average molecular weight is 491 g/mol. The topological polar surface area (TPSA) is 93.9 Å². The average Bonchev–Trinajstić information content (AvgIpc) is 2.83. The first-order valence-electron chi connectivity index (χ1n) is 11.7. The molecule has 6 aromatic rings. The summed E-state index contributed by atoms with van der Waals surface area (Å²) in [5.41, 5.74) is 4.58. The molecule has 0 spiro atoms. The van der Waals surface area contributed by atoms with Crippen LogP contribution in [0, 0.1) is 20.8 Å². The molecule has 0 N–H and O–H groups in total. The van der Waals surface area contributed by atoms with Gasteiger partial charge in [-0.1, -0.05) is 0 Å². The third-order valence-corrected chi connectivity index (χ3v) is 6.58. The van der Waals surface area contributed by atoms with E-state index in [1.807, 2.05) is 62.1 Å². The maximum Gasteiger partial charge on any atom is 0.336 e. The lowest BCUT2D eigenvalue weighted by atomic mass is 10.1. The molecular formula is C30H21NO6. The van der Waals surface area contributed by atoms with Crippen molar-refractivity contribution >= 4 is 50.0 Å². The molecule has 0 radical (unpaired) electrons. The lowest BCUT2D eigenvalue weighted by Crippen LogP contribution is -2.11. The molecule has 3 heterocycles. The van der Waals surface area contributed by atoms with Crippen LogP contribution in [-0.4, -0.2) is 0 Å². The van der Waals surface area contributed by atoms with E-state index in [1.165, 1.54) is 18.2 Å². The maximum atomic E-state index is 12.1. The van der Waals surface area contributed by atoms with Crippen LogP contribution in [0.4, 0.5) is 17.1 Å². The predicted octanol–water partition coefficient (Wildman–Crippen LogP) is 6.40. The van der Waals surface area contributed by atoms with Crippen LogP contribution in [0.15, 0.2) is 100 Å². The number of nitrogens with zero attached hydrogens (tertiary/aromatic N) is 1. The summed E-state index contributed by atoms with van der Waals surface area (Å²) in [6, 6.07) is 21.2. The first-order chi connectivity index (χ1) is 17.8. The highest BCUT2D eigenvalue weighted by molar-refractivity contribution is 5.92. The molecule has 7 heteroatoms. The Kier molecular flexibility index (Phi) is 5.08. The minimum atomic E-state index is -0.431. The molecule has 6 rings (SSSR count). The molecule has 0 aliphatic rings. The van der Waals surface area contributed by atoms with E-state index in [-0.39, 0.29) is 0 Å². The second-order valence-electron chi connectivity index (χ2n) is 9.12. The van der Waals surface area contributed by atoms with Gasteiger partial charge in [-0.3, -0.25) is 0 Å². The molecule has 0 atom stereocenters. The lowest BCUT2D eigenvalue weighted by molar-refractivity contribution is 0.560. The summed E-state index contributed by atoms with van der Waals surface area (Å²) in [4.78, 5) is 38.2. The Morgan fingerprint density at radius 2 is 0.757 bits per heavy atom. The van der Waals surface area contributed by atoms with Crippen molar-refractivity contribution in [2.45, 2.75) is 20.8 Å². The Balaban J connectivity index is 1.64. The van der Waals surface area contributed by atoms with Gasteiger partial charge in [0.1, 0.15) is 16.7 Å². The summed E-state index contributed by atoms with van der Waals surface area (Å²) in [6.07, 6.45) is 0. The van der Waals surface area contributed by atoms with Gasteiger partial charge < -0.3 is 18.2 Å². The second-order valence-corrected chi connectivity index (χ2v) is 9.12. The van der Waals surface area contributed by atoms with E-state index in [9.17, 15) is 14.4 Å². The van der Waals surface area contributed by atoms with Gasteiger partial charge in [0.15, 0.2) is 0 Å². The highest BCUT2D eigenvalue weighted by atomic mass is 16.4. The molecule has 0 aliphatic heterocycles. The molecule has 3 aromatic heterocycles. The largest absolute Gasteiger partial charge is 0.423 e. The van der Waals surface area contributed by atoms with Crippen molar-refractivity contribution in [1.82, 2.24) is 0 Å². The van der Waals surface area contributed by atoms with Gasteiger partial charge in [-0.15, -0.1) is 0 Å². The predicted molar refractivity (Wildman–Crippen MR) is 143 cm³/mol. The zero-order valence-corrected chi connectivity index (χ0v) is 20.3. The summed E-state index contributed by atoms with van der Waals surface area (Å²) in [6.45, 7) is 5.58. The van der Waals surface area contributed by atoms with Crippen molar-refractivity contribution in [2.24, 2.45) is 0 Å². The van der Waals surface area contributed by atoms with Crippen molar-refractivity contribution in [1.29, 1.82) is 0 Å². The molecule has 37 heavy (non-hydrogen) atoms. The van der Waals surface area contributed by atoms with Crippen LogP contribution in [0.2, 0.25) is 0 Å². The number of fused-ring (bicyclic) bond motifs is 3. The Hall–Kier alpha value is -4.91. The molecule has 0 saturated heterocycles. The normalized spacial score (nSPS) is 11.4. The Bertz CT molecular complexity index is 1810. The van der Waals surface area contributed by atoms with Gasteiger partial charge in [0, 0.05) is 69.6 Å². The number of anilines is 3. The van der Waals surface area contributed by atoms with Crippen LogP contribution in [0.1, 0.15) is 16.7 Å².